The number of benzene rings is 8. The van der Waals surface area contributed by atoms with Crippen LogP contribution < -0.4 is 0 Å². The van der Waals surface area contributed by atoms with E-state index in [4.69, 9.17) is 6.57 Å². The van der Waals surface area contributed by atoms with Crippen LogP contribution in [-0.4, -0.2) is 4.57 Å². The first-order valence-corrected chi connectivity index (χ1v) is 15.2. The number of fused-ring (bicyclic) bond motifs is 9. The molecule has 1 aromatic heterocycles. The van der Waals surface area contributed by atoms with E-state index in [-0.39, 0.29) is 0 Å². The fourth-order valence-electron chi connectivity index (χ4n) is 7.10. The lowest BCUT2D eigenvalue weighted by molar-refractivity contribution is 1.18. The van der Waals surface area contributed by atoms with E-state index in [2.05, 4.69) is 155 Å². The van der Waals surface area contributed by atoms with Gasteiger partial charge in [-0.05, 0) is 102 Å². The maximum Gasteiger partial charge on any atom is 0.188 e. The lowest BCUT2D eigenvalue weighted by atomic mass is 9.91. The van der Waals surface area contributed by atoms with Crippen LogP contribution in [-0.2, 0) is 0 Å². The highest BCUT2D eigenvalue weighted by Crippen LogP contribution is 2.39. The van der Waals surface area contributed by atoms with E-state index in [1.165, 1.54) is 49.0 Å². The van der Waals surface area contributed by atoms with E-state index >= 15 is 0 Å². The van der Waals surface area contributed by atoms with Crippen molar-refractivity contribution in [2.24, 2.45) is 0 Å². The SMILES string of the molecule is [C-]#[N+]c1ccc2c(c1)c1ccccc1n2-c1cccc(-c2cccc(-c3ccc4c5ccccc5c5ccccc5c4c3)c2)c1. The third-order valence-corrected chi connectivity index (χ3v) is 9.16. The summed E-state index contributed by atoms with van der Waals surface area (Å²) in [6, 6.07) is 56.4. The first kappa shape index (κ1) is 25.3. The first-order valence-electron chi connectivity index (χ1n) is 15.2. The normalized spacial score (nSPS) is 11.5. The van der Waals surface area contributed by atoms with E-state index in [0.29, 0.717) is 5.69 Å². The second kappa shape index (κ2) is 9.95. The van der Waals surface area contributed by atoms with Gasteiger partial charge in [-0.3, -0.25) is 0 Å². The van der Waals surface area contributed by atoms with Crippen LogP contribution in [0.1, 0.15) is 0 Å². The molecule has 0 atom stereocenters. The molecule has 0 aliphatic rings. The van der Waals surface area contributed by atoms with Crippen LogP contribution in [0.5, 0.6) is 0 Å². The molecule has 0 saturated heterocycles. The Balaban J connectivity index is 1.18. The average Bonchev–Trinajstić information content (AvgIpc) is 3.45. The third kappa shape index (κ3) is 3.95. The Morgan fingerprint density at radius 2 is 0.889 bits per heavy atom. The molecule has 0 radical (unpaired) electrons. The summed E-state index contributed by atoms with van der Waals surface area (Å²) >= 11 is 0. The summed E-state index contributed by atoms with van der Waals surface area (Å²) in [5, 5.41) is 9.98. The minimum atomic E-state index is 0.658. The number of nitrogens with zero attached hydrogens (tertiary/aromatic N) is 2. The lowest BCUT2D eigenvalue weighted by Gasteiger charge is -2.13. The van der Waals surface area contributed by atoms with Crippen molar-refractivity contribution >= 4 is 59.8 Å². The van der Waals surface area contributed by atoms with E-state index in [1.54, 1.807) is 0 Å². The molecule has 0 bridgehead atoms. The molecule has 45 heavy (non-hydrogen) atoms. The molecule has 2 nitrogen and oxygen atoms in total. The van der Waals surface area contributed by atoms with Gasteiger partial charge < -0.3 is 4.57 Å². The molecule has 0 fully saturated rings. The van der Waals surface area contributed by atoms with Gasteiger partial charge in [-0.15, -0.1) is 0 Å². The molecule has 0 spiro atoms. The van der Waals surface area contributed by atoms with E-state index in [0.717, 1.165) is 33.1 Å². The van der Waals surface area contributed by atoms with Gasteiger partial charge in [0.1, 0.15) is 0 Å². The highest BCUT2D eigenvalue weighted by Gasteiger charge is 2.14. The maximum absolute atomic E-state index is 7.53. The Morgan fingerprint density at radius 3 is 1.58 bits per heavy atom. The Hall–Kier alpha value is -6.17. The first-order chi connectivity index (χ1) is 22.3. The zero-order valence-electron chi connectivity index (χ0n) is 24.4. The Labute approximate surface area is 260 Å². The van der Waals surface area contributed by atoms with Crippen molar-refractivity contribution in [1.82, 2.24) is 4.57 Å². The zero-order valence-corrected chi connectivity index (χ0v) is 24.4. The summed E-state index contributed by atoms with van der Waals surface area (Å²) < 4.78 is 2.31. The molecular formula is C43H26N2. The van der Waals surface area contributed by atoms with Crippen molar-refractivity contribution < 1.29 is 0 Å². The molecule has 0 unspecified atom stereocenters. The summed E-state index contributed by atoms with van der Waals surface area (Å²) in [6.07, 6.45) is 0. The van der Waals surface area contributed by atoms with Crippen molar-refractivity contribution in [3.05, 3.63) is 169 Å². The maximum atomic E-state index is 7.53. The summed E-state index contributed by atoms with van der Waals surface area (Å²) in [7, 11) is 0. The molecule has 208 valence electrons. The van der Waals surface area contributed by atoms with Crippen LogP contribution in [0.2, 0.25) is 0 Å². The van der Waals surface area contributed by atoms with Crippen molar-refractivity contribution in [2.75, 3.05) is 0 Å². The smallest absolute Gasteiger partial charge is 0.188 e. The predicted octanol–water partition coefficient (Wildman–Crippen LogP) is 12.1. The number of hydrogen-bond acceptors (Lipinski definition) is 0. The number of para-hydroxylation sites is 1. The molecule has 0 saturated carbocycles. The van der Waals surface area contributed by atoms with Gasteiger partial charge in [-0.2, -0.15) is 0 Å². The van der Waals surface area contributed by atoms with Crippen molar-refractivity contribution in [2.45, 2.75) is 0 Å². The topological polar surface area (TPSA) is 9.29 Å². The molecule has 8 aromatic carbocycles. The van der Waals surface area contributed by atoms with Gasteiger partial charge in [0.2, 0.25) is 0 Å². The van der Waals surface area contributed by atoms with Gasteiger partial charge >= 0.3 is 0 Å². The standard InChI is InChI=1S/C43H26N2/c1-44-32-21-23-43-41(27-32)39-18-6-7-19-42(39)45(43)33-13-9-12-30(25-33)28-10-8-11-29(24-28)31-20-22-38-36-16-3-2-14-34(36)35-15-4-5-17-37(35)40(38)26-31/h2-27H. The highest BCUT2D eigenvalue weighted by atomic mass is 15.0. The summed E-state index contributed by atoms with van der Waals surface area (Å²) in [6.45, 7) is 7.53. The molecule has 0 aliphatic carbocycles. The summed E-state index contributed by atoms with van der Waals surface area (Å²) in [4.78, 5) is 3.68. The van der Waals surface area contributed by atoms with Crippen LogP contribution >= 0.6 is 0 Å². The molecule has 0 amide bonds. The molecule has 1 heterocycles. The molecule has 9 aromatic rings. The molecular weight excluding hydrogens is 544 g/mol. The number of rotatable bonds is 3. The lowest BCUT2D eigenvalue weighted by Crippen LogP contribution is -1.94. The second-order valence-corrected chi connectivity index (χ2v) is 11.6. The summed E-state index contributed by atoms with van der Waals surface area (Å²) in [5.41, 5.74) is 8.74. The van der Waals surface area contributed by atoms with Gasteiger partial charge in [0, 0.05) is 11.1 Å². The van der Waals surface area contributed by atoms with Crippen molar-refractivity contribution in [3.63, 3.8) is 0 Å². The minimum Gasteiger partial charge on any atom is -0.309 e. The Kier molecular flexibility index (Phi) is 5.60. The molecule has 2 heteroatoms. The monoisotopic (exact) mass is 570 g/mol. The van der Waals surface area contributed by atoms with Gasteiger partial charge in [0.05, 0.1) is 17.6 Å². The van der Waals surface area contributed by atoms with Crippen LogP contribution in [0.15, 0.2) is 158 Å². The van der Waals surface area contributed by atoms with Gasteiger partial charge in [-0.25, -0.2) is 4.85 Å². The minimum absolute atomic E-state index is 0.658. The molecule has 0 aliphatic heterocycles. The predicted molar refractivity (Wildman–Crippen MR) is 190 cm³/mol. The van der Waals surface area contributed by atoms with E-state index in [1.807, 2.05) is 12.1 Å². The van der Waals surface area contributed by atoms with Gasteiger partial charge in [0.15, 0.2) is 5.69 Å². The highest BCUT2D eigenvalue weighted by molar-refractivity contribution is 6.25. The third-order valence-electron chi connectivity index (χ3n) is 9.16. The number of aromatic nitrogens is 1. The van der Waals surface area contributed by atoms with Crippen LogP contribution in [0.4, 0.5) is 5.69 Å². The quantitative estimate of drug-likeness (QED) is 0.148. The van der Waals surface area contributed by atoms with Gasteiger partial charge in [-0.1, -0.05) is 115 Å². The van der Waals surface area contributed by atoms with Crippen LogP contribution in [0.3, 0.4) is 0 Å². The zero-order chi connectivity index (χ0) is 29.9. The fourth-order valence-corrected chi connectivity index (χ4v) is 7.10. The summed E-state index contributed by atoms with van der Waals surface area (Å²) in [5.74, 6) is 0. The Morgan fingerprint density at radius 1 is 0.356 bits per heavy atom. The average molecular weight is 571 g/mol. The fraction of sp³-hybridized carbons (Fsp3) is 0. The van der Waals surface area contributed by atoms with Crippen molar-refractivity contribution in [3.8, 4) is 27.9 Å². The molecule has 0 N–H and O–H groups in total. The van der Waals surface area contributed by atoms with Crippen LogP contribution in [0, 0.1) is 6.57 Å². The second-order valence-electron chi connectivity index (χ2n) is 11.6. The largest absolute Gasteiger partial charge is 0.309 e. The van der Waals surface area contributed by atoms with E-state index < -0.39 is 0 Å². The van der Waals surface area contributed by atoms with E-state index in [9.17, 15) is 0 Å². The van der Waals surface area contributed by atoms with Gasteiger partial charge in [0.25, 0.3) is 0 Å². The number of hydrogen-bond donors (Lipinski definition) is 0. The van der Waals surface area contributed by atoms with Crippen molar-refractivity contribution in [1.29, 1.82) is 0 Å². The molecule has 9 rings (SSSR count). The van der Waals surface area contributed by atoms with Crippen LogP contribution in [0.25, 0.3) is 86.9 Å². The Bertz CT molecular complexity index is 2630.